The summed E-state index contributed by atoms with van der Waals surface area (Å²) in [7, 11) is 0. The third-order valence-corrected chi connectivity index (χ3v) is 3.51. The lowest BCUT2D eigenvalue weighted by Crippen LogP contribution is -2.13. The first-order valence-corrected chi connectivity index (χ1v) is 8.64. The highest BCUT2D eigenvalue weighted by Crippen LogP contribution is 2.19. The van der Waals surface area contributed by atoms with Crippen molar-refractivity contribution in [3.05, 3.63) is 42.1 Å². The van der Waals surface area contributed by atoms with Crippen LogP contribution in [0, 0.1) is 6.92 Å². The van der Waals surface area contributed by atoms with Crippen molar-refractivity contribution in [1.82, 2.24) is 9.78 Å². The molecule has 2 aromatic rings. The molecule has 0 aliphatic carbocycles. The molecule has 1 aromatic carbocycles. The Hall–Kier alpha value is -1.69. The van der Waals surface area contributed by atoms with E-state index in [0.29, 0.717) is 33.0 Å². The zero-order chi connectivity index (χ0) is 17.0. The molecule has 0 spiro atoms. The van der Waals surface area contributed by atoms with E-state index in [9.17, 15) is 0 Å². The molecule has 0 N–H and O–H groups in total. The molecule has 0 aliphatic rings. The molecule has 0 unspecified atom stereocenters. The molecule has 24 heavy (non-hydrogen) atoms. The third kappa shape index (κ3) is 6.43. The topological polar surface area (TPSA) is 45.5 Å². The molecule has 5 heteroatoms. The van der Waals surface area contributed by atoms with E-state index in [4.69, 9.17) is 14.2 Å². The van der Waals surface area contributed by atoms with E-state index >= 15 is 0 Å². The molecule has 0 bridgehead atoms. The van der Waals surface area contributed by atoms with Crippen molar-refractivity contribution in [1.29, 1.82) is 0 Å². The van der Waals surface area contributed by atoms with Gasteiger partial charge < -0.3 is 14.2 Å². The van der Waals surface area contributed by atoms with Crippen molar-refractivity contribution < 1.29 is 14.2 Å². The molecule has 1 heterocycles. The number of ether oxygens (including phenoxy) is 3. The Bertz CT molecular complexity index is 569. The standard InChI is InChI=1S/C19H28N2O3/c1-3-10-22-12-14-24-15-13-23-11-9-21-19(16-17(2)20-21)18-7-5-4-6-8-18/h4-8,16H,3,9-15H2,1-2H3. The molecule has 0 aliphatic heterocycles. The highest BCUT2D eigenvalue weighted by atomic mass is 16.5. The maximum absolute atomic E-state index is 5.64. The molecule has 0 fully saturated rings. The van der Waals surface area contributed by atoms with Gasteiger partial charge in [0, 0.05) is 6.61 Å². The summed E-state index contributed by atoms with van der Waals surface area (Å²) in [6.07, 6.45) is 1.04. The molecule has 132 valence electrons. The Morgan fingerprint density at radius 1 is 0.875 bits per heavy atom. The Labute approximate surface area is 144 Å². The number of hydrogen-bond donors (Lipinski definition) is 0. The van der Waals surface area contributed by atoms with E-state index in [-0.39, 0.29) is 0 Å². The first-order valence-electron chi connectivity index (χ1n) is 8.64. The molecule has 2 rings (SSSR count). The SMILES string of the molecule is CCCOCCOCCOCCn1nc(C)cc1-c1ccccc1. The van der Waals surface area contributed by atoms with E-state index in [0.717, 1.165) is 31.0 Å². The molecular formula is C19H28N2O3. The summed E-state index contributed by atoms with van der Waals surface area (Å²) in [4.78, 5) is 0. The predicted octanol–water partition coefficient (Wildman–Crippen LogP) is 3.32. The zero-order valence-electron chi connectivity index (χ0n) is 14.7. The largest absolute Gasteiger partial charge is 0.379 e. The Balaban J connectivity index is 1.65. The minimum atomic E-state index is 0.592. The van der Waals surface area contributed by atoms with Crippen molar-refractivity contribution in [3.8, 4) is 11.3 Å². The highest BCUT2D eigenvalue weighted by molar-refractivity contribution is 5.59. The van der Waals surface area contributed by atoms with Crippen molar-refractivity contribution in [2.45, 2.75) is 26.8 Å². The summed E-state index contributed by atoms with van der Waals surface area (Å²) < 4.78 is 18.4. The molecule has 0 saturated heterocycles. The molecule has 0 saturated carbocycles. The van der Waals surface area contributed by atoms with Gasteiger partial charge in [0.05, 0.1) is 51.0 Å². The molecule has 0 amide bonds. The van der Waals surface area contributed by atoms with Gasteiger partial charge >= 0.3 is 0 Å². The van der Waals surface area contributed by atoms with Gasteiger partial charge in [0.2, 0.25) is 0 Å². The van der Waals surface area contributed by atoms with Crippen molar-refractivity contribution in [2.75, 3.05) is 39.6 Å². The average molecular weight is 332 g/mol. The van der Waals surface area contributed by atoms with E-state index in [1.54, 1.807) is 0 Å². The van der Waals surface area contributed by atoms with Gasteiger partial charge in [0.25, 0.3) is 0 Å². The fourth-order valence-electron chi connectivity index (χ4n) is 2.39. The van der Waals surface area contributed by atoms with E-state index < -0.39 is 0 Å². The quantitative estimate of drug-likeness (QED) is 0.559. The first-order chi connectivity index (χ1) is 11.8. The van der Waals surface area contributed by atoms with Gasteiger partial charge in [-0.15, -0.1) is 0 Å². The summed E-state index contributed by atoms with van der Waals surface area (Å²) in [5, 5.41) is 4.55. The molecule has 0 radical (unpaired) electrons. The Morgan fingerprint density at radius 3 is 2.17 bits per heavy atom. The first kappa shape index (κ1) is 18.6. The second-order valence-corrected chi connectivity index (χ2v) is 5.60. The van der Waals surface area contributed by atoms with E-state index in [1.807, 2.05) is 29.8 Å². The van der Waals surface area contributed by atoms with Crippen LogP contribution in [-0.4, -0.2) is 49.4 Å². The molecular weight excluding hydrogens is 304 g/mol. The van der Waals surface area contributed by atoms with Gasteiger partial charge in [-0.1, -0.05) is 37.3 Å². The van der Waals surface area contributed by atoms with E-state index in [2.05, 4.69) is 30.2 Å². The molecule has 5 nitrogen and oxygen atoms in total. The van der Waals surface area contributed by atoms with Gasteiger partial charge in [-0.25, -0.2) is 0 Å². The Morgan fingerprint density at radius 2 is 1.50 bits per heavy atom. The Kier molecular flexibility index (Phi) is 8.52. The maximum Gasteiger partial charge on any atom is 0.0701 e. The smallest absolute Gasteiger partial charge is 0.0701 e. The van der Waals surface area contributed by atoms with Gasteiger partial charge in [0.15, 0.2) is 0 Å². The van der Waals surface area contributed by atoms with Crippen LogP contribution in [-0.2, 0) is 20.8 Å². The summed E-state index contributed by atoms with van der Waals surface area (Å²) in [5.74, 6) is 0. The fourth-order valence-corrected chi connectivity index (χ4v) is 2.39. The highest BCUT2D eigenvalue weighted by Gasteiger charge is 2.07. The summed E-state index contributed by atoms with van der Waals surface area (Å²) >= 11 is 0. The van der Waals surface area contributed by atoms with Crippen molar-refractivity contribution in [3.63, 3.8) is 0 Å². The lowest BCUT2D eigenvalue weighted by Gasteiger charge is -2.09. The summed E-state index contributed by atoms with van der Waals surface area (Å²) in [6, 6.07) is 12.4. The van der Waals surface area contributed by atoms with Crippen LogP contribution < -0.4 is 0 Å². The van der Waals surface area contributed by atoms with Crippen LogP contribution in [0.3, 0.4) is 0 Å². The zero-order valence-corrected chi connectivity index (χ0v) is 14.7. The van der Waals surface area contributed by atoms with Crippen molar-refractivity contribution >= 4 is 0 Å². The maximum atomic E-state index is 5.64. The normalized spacial score (nSPS) is 11.1. The second kappa shape index (κ2) is 11.0. The monoisotopic (exact) mass is 332 g/mol. The number of aryl methyl sites for hydroxylation is 1. The lowest BCUT2D eigenvalue weighted by atomic mass is 10.1. The van der Waals surface area contributed by atoms with Crippen LogP contribution in [0.25, 0.3) is 11.3 Å². The predicted molar refractivity (Wildman–Crippen MR) is 95.1 cm³/mol. The van der Waals surface area contributed by atoms with Crippen LogP contribution in [0.2, 0.25) is 0 Å². The third-order valence-electron chi connectivity index (χ3n) is 3.51. The van der Waals surface area contributed by atoms with Gasteiger partial charge in [0.1, 0.15) is 0 Å². The molecule has 0 atom stereocenters. The van der Waals surface area contributed by atoms with Crippen LogP contribution in [0.4, 0.5) is 0 Å². The van der Waals surface area contributed by atoms with E-state index in [1.165, 1.54) is 5.56 Å². The number of rotatable bonds is 12. The number of hydrogen-bond acceptors (Lipinski definition) is 4. The van der Waals surface area contributed by atoms with Crippen LogP contribution >= 0.6 is 0 Å². The second-order valence-electron chi connectivity index (χ2n) is 5.60. The van der Waals surface area contributed by atoms with Gasteiger partial charge in [-0.2, -0.15) is 5.10 Å². The minimum Gasteiger partial charge on any atom is -0.379 e. The van der Waals surface area contributed by atoms with Crippen LogP contribution in [0.5, 0.6) is 0 Å². The summed E-state index contributed by atoms with van der Waals surface area (Å²) in [5.41, 5.74) is 3.32. The number of nitrogens with zero attached hydrogens (tertiary/aromatic N) is 2. The van der Waals surface area contributed by atoms with Crippen LogP contribution in [0.15, 0.2) is 36.4 Å². The minimum absolute atomic E-state index is 0.592. The average Bonchev–Trinajstić information content (AvgIpc) is 2.98. The lowest BCUT2D eigenvalue weighted by molar-refractivity contribution is 0.0129. The molecule has 1 aromatic heterocycles. The van der Waals surface area contributed by atoms with Crippen molar-refractivity contribution in [2.24, 2.45) is 0 Å². The number of benzene rings is 1. The number of aromatic nitrogens is 2. The summed E-state index contributed by atoms with van der Waals surface area (Å²) in [6.45, 7) is 8.73. The van der Waals surface area contributed by atoms with Gasteiger partial charge in [-0.05, 0) is 25.0 Å². The van der Waals surface area contributed by atoms with Gasteiger partial charge in [-0.3, -0.25) is 4.68 Å². The fraction of sp³-hybridized carbons (Fsp3) is 0.526. The van der Waals surface area contributed by atoms with Crippen LogP contribution in [0.1, 0.15) is 19.0 Å².